The lowest BCUT2D eigenvalue weighted by Crippen LogP contribution is -2.54. The number of nitrogens with zero attached hydrogens (tertiary/aromatic N) is 3. The van der Waals surface area contributed by atoms with Gasteiger partial charge in [0.2, 0.25) is 15.9 Å². The normalized spacial score (nSPS) is 18.6. The van der Waals surface area contributed by atoms with Crippen LogP contribution in [0.5, 0.6) is 0 Å². The molecule has 222 valence electrons. The van der Waals surface area contributed by atoms with Gasteiger partial charge in [-0.15, -0.1) is 11.8 Å². The third kappa shape index (κ3) is 8.84. The molecule has 3 unspecified atom stereocenters. The van der Waals surface area contributed by atoms with Crippen molar-refractivity contribution in [3.05, 3.63) is 60.2 Å². The van der Waals surface area contributed by atoms with E-state index in [4.69, 9.17) is 22.9 Å². The van der Waals surface area contributed by atoms with Gasteiger partial charge in [-0.25, -0.2) is 8.42 Å². The quantitative estimate of drug-likeness (QED) is 0.115. The smallest absolute Gasteiger partial charge is 0.244 e. The summed E-state index contributed by atoms with van der Waals surface area (Å²) in [5.41, 5.74) is 24.4. The molecule has 3 rings (SSSR count). The molecule has 1 amide bonds. The third-order valence-electron chi connectivity index (χ3n) is 6.51. The van der Waals surface area contributed by atoms with E-state index in [2.05, 4.69) is 15.3 Å². The summed E-state index contributed by atoms with van der Waals surface area (Å²) in [6.45, 7) is 2.24. The molecule has 9 N–H and O–H groups in total. The Kier molecular flexibility index (Phi) is 11.8. The maximum absolute atomic E-state index is 13.4. The first kappa shape index (κ1) is 32.2. The van der Waals surface area contributed by atoms with Crippen molar-refractivity contribution in [2.45, 2.75) is 48.5 Å². The van der Waals surface area contributed by atoms with Gasteiger partial charge in [0.05, 0.1) is 28.5 Å². The summed E-state index contributed by atoms with van der Waals surface area (Å²) in [6.07, 6.45) is 1.54. The summed E-state index contributed by atoms with van der Waals surface area (Å²) < 4.78 is 28.0. The lowest BCUT2D eigenvalue weighted by Gasteiger charge is -2.27. The Labute approximate surface area is 245 Å². The van der Waals surface area contributed by atoms with Crippen molar-refractivity contribution < 1.29 is 18.0 Å². The van der Waals surface area contributed by atoms with Crippen LogP contribution in [-0.2, 0) is 26.0 Å². The van der Waals surface area contributed by atoms with Gasteiger partial charge in [-0.1, -0.05) is 30.3 Å². The molecular formula is C27H38N8O4S2. The zero-order valence-corrected chi connectivity index (χ0v) is 24.6. The van der Waals surface area contributed by atoms with E-state index < -0.39 is 33.4 Å². The van der Waals surface area contributed by atoms with Crippen LogP contribution in [0, 0.1) is 0 Å². The third-order valence-corrected chi connectivity index (χ3v) is 9.85. The predicted molar refractivity (Wildman–Crippen MR) is 163 cm³/mol. The van der Waals surface area contributed by atoms with Gasteiger partial charge in [0, 0.05) is 24.6 Å². The molecule has 0 spiro atoms. The van der Waals surface area contributed by atoms with Crippen LogP contribution in [0.25, 0.3) is 0 Å². The van der Waals surface area contributed by atoms with Crippen LogP contribution < -0.4 is 28.3 Å². The fourth-order valence-corrected chi connectivity index (χ4v) is 7.70. The highest BCUT2D eigenvalue weighted by molar-refractivity contribution is 8.01. The zero-order valence-electron chi connectivity index (χ0n) is 23.0. The van der Waals surface area contributed by atoms with E-state index in [0.29, 0.717) is 25.1 Å². The van der Waals surface area contributed by atoms with Crippen molar-refractivity contribution in [3.8, 4) is 0 Å². The van der Waals surface area contributed by atoms with Gasteiger partial charge < -0.3 is 28.3 Å². The number of carbonyl (C=O) groups is 2. The molecule has 2 aromatic rings. The molecule has 1 fully saturated rings. The molecule has 0 saturated carbocycles. The monoisotopic (exact) mass is 602 g/mol. The molecule has 1 heterocycles. The molecule has 12 nitrogen and oxygen atoms in total. The highest BCUT2D eigenvalue weighted by atomic mass is 32.2. The van der Waals surface area contributed by atoms with Crippen molar-refractivity contribution in [3.63, 3.8) is 0 Å². The molecule has 1 aliphatic heterocycles. The van der Waals surface area contributed by atoms with E-state index in [9.17, 15) is 18.0 Å². The molecular weight excluding hydrogens is 564 g/mol. The molecule has 14 heteroatoms. The largest absolute Gasteiger partial charge is 0.370 e. The molecule has 1 aliphatic rings. The zero-order chi connectivity index (χ0) is 30.0. The number of rotatable bonds is 14. The Hall–Kier alpha value is -3.30. The van der Waals surface area contributed by atoms with E-state index >= 15 is 0 Å². The first-order valence-electron chi connectivity index (χ1n) is 13.2. The molecule has 0 bridgehead atoms. The van der Waals surface area contributed by atoms with Gasteiger partial charge in [-0.05, 0) is 56.0 Å². The van der Waals surface area contributed by atoms with Gasteiger partial charge in [0.1, 0.15) is 6.04 Å². The molecule has 1 saturated heterocycles. The fourth-order valence-electron chi connectivity index (χ4n) is 4.37. The second-order valence-corrected chi connectivity index (χ2v) is 12.7. The summed E-state index contributed by atoms with van der Waals surface area (Å²) in [7, 11) is -3.93. The number of benzene rings is 2. The first-order chi connectivity index (χ1) is 19.6. The van der Waals surface area contributed by atoms with Crippen LogP contribution in [0.2, 0.25) is 0 Å². The minimum Gasteiger partial charge on any atom is -0.370 e. The van der Waals surface area contributed by atoms with Gasteiger partial charge >= 0.3 is 0 Å². The average molecular weight is 603 g/mol. The van der Waals surface area contributed by atoms with Crippen molar-refractivity contribution in [2.75, 3.05) is 25.4 Å². The highest BCUT2D eigenvalue weighted by Crippen LogP contribution is 2.34. The van der Waals surface area contributed by atoms with Gasteiger partial charge in [-0.2, -0.15) is 4.31 Å². The number of hydrogen-bond donors (Lipinski definition) is 5. The summed E-state index contributed by atoms with van der Waals surface area (Å²) in [4.78, 5) is 34.7. The number of thioether (sulfide) groups is 1. The maximum atomic E-state index is 13.4. The van der Waals surface area contributed by atoms with Crippen LogP contribution in [0.1, 0.15) is 25.3 Å². The van der Waals surface area contributed by atoms with Crippen molar-refractivity contribution in [1.82, 2.24) is 9.62 Å². The Balaban J connectivity index is 1.71. The number of carbonyl (C=O) groups excluding carboxylic acids is 2. The van der Waals surface area contributed by atoms with Gasteiger partial charge in [0.25, 0.3) is 0 Å². The second-order valence-electron chi connectivity index (χ2n) is 9.49. The van der Waals surface area contributed by atoms with Crippen molar-refractivity contribution in [2.24, 2.45) is 32.9 Å². The van der Waals surface area contributed by atoms with Crippen LogP contribution in [-0.4, -0.2) is 78.9 Å². The van der Waals surface area contributed by atoms with E-state index in [0.717, 1.165) is 11.3 Å². The number of nitrogens with one attached hydrogen (secondary N) is 1. The van der Waals surface area contributed by atoms with E-state index in [1.54, 1.807) is 37.3 Å². The number of aliphatic imine (C=N–C) groups is 2. The number of amides is 1. The highest BCUT2D eigenvalue weighted by Gasteiger charge is 2.45. The van der Waals surface area contributed by atoms with Crippen LogP contribution in [0.15, 0.2) is 69.5 Å². The minimum absolute atomic E-state index is 0.0423. The molecule has 2 aromatic carbocycles. The standard InChI is InChI=1S/C27H38N8O4S2/c1-18-35(41(38,39)22-7-3-2-4-8-22)24(17-40-18)26(37)34-23(25(36)16-29)14-19-9-11-20(12-10-19)33-21(15-28)6-5-13-32-27(30)31/h2-4,7-12,18,23-24H,5-6,13-17,28-29H2,1H3,(H,34,37)(H4,30,31,32). The lowest BCUT2D eigenvalue weighted by atomic mass is 10.0. The van der Waals surface area contributed by atoms with Gasteiger partial charge in [0.15, 0.2) is 11.7 Å². The number of nitrogens with two attached hydrogens (primary N) is 4. The summed E-state index contributed by atoms with van der Waals surface area (Å²) in [6, 6.07) is 13.3. The average Bonchev–Trinajstić information content (AvgIpc) is 3.37. The number of sulfonamides is 1. The van der Waals surface area contributed by atoms with Crippen LogP contribution in [0.3, 0.4) is 0 Å². The Morgan fingerprint density at radius 2 is 1.76 bits per heavy atom. The number of ketones is 1. The molecule has 0 radical (unpaired) electrons. The van der Waals surface area contributed by atoms with Crippen molar-refractivity contribution >= 4 is 50.8 Å². The van der Waals surface area contributed by atoms with E-state index in [1.807, 2.05) is 12.1 Å². The lowest BCUT2D eigenvalue weighted by molar-refractivity contribution is -0.129. The number of guanidine groups is 1. The van der Waals surface area contributed by atoms with E-state index in [1.165, 1.54) is 28.2 Å². The number of hydrogen-bond acceptors (Lipinski definition) is 9. The Morgan fingerprint density at radius 1 is 1.07 bits per heavy atom. The van der Waals surface area contributed by atoms with Crippen LogP contribution >= 0.6 is 11.8 Å². The summed E-state index contributed by atoms with van der Waals surface area (Å²) >= 11 is 1.36. The maximum Gasteiger partial charge on any atom is 0.244 e. The Bertz CT molecular complexity index is 1350. The van der Waals surface area contributed by atoms with Crippen molar-refractivity contribution in [1.29, 1.82) is 0 Å². The number of Topliss-reactive ketones (excluding diaryl/α,β-unsaturated/α-hetero) is 1. The molecule has 0 aromatic heterocycles. The fraction of sp³-hybridized carbons (Fsp3) is 0.407. The SMILES string of the molecule is CC1SCC(C(=O)NC(Cc2ccc(N=C(CN)CCCN=C(N)N)cc2)C(=O)CN)N1S(=O)(=O)c1ccccc1. The molecule has 3 atom stereocenters. The minimum atomic E-state index is -3.93. The van der Waals surface area contributed by atoms with Gasteiger partial charge in [-0.3, -0.25) is 19.6 Å². The second kappa shape index (κ2) is 15.1. The topological polar surface area (TPSA) is 212 Å². The molecule has 0 aliphatic carbocycles. The Morgan fingerprint density at radius 3 is 2.37 bits per heavy atom. The van der Waals surface area contributed by atoms with E-state index in [-0.39, 0.29) is 41.9 Å². The van der Waals surface area contributed by atoms with Crippen LogP contribution in [0.4, 0.5) is 5.69 Å². The first-order valence-corrected chi connectivity index (χ1v) is 15.7. The summed E-state index contributed by atoms with van der Waals surface area (Å²) in [5, 5.41) is 2.32. The summed E-state index contributed by atoms with van der Waals surface area (Å²) in [5.74, 6) is -0.587. The predicted octanol–water partition coefficient (Wildman–Crippen LogP) is 0.479. The molecule has 41 heavy (non-hydrogen) atoms.